The van der Waals surface area contributed by atoms with Crippen molar-refractivity contribution >= 4 is 29.2 Å². The largest absolute Gasteiger partial charge is 0.378 e. The number of carbonyl (C=O) groups excluding carboxylic acids is 3. The van der Waals surface area contributed by atoms with Crippen molar-refractivity contribution in [2.75, 3.05) is 65.6 Å². The highest BCUT2D eigenvalue weighted by atomic mass is 32.1. The van der Waals surface area contributed by atoms with Crippen molar-refractivity contribution < 1.29 is 19.1 Å². The summed E-state index contributed by atoms with van der Waals surface area (Å²) in [5, 5.41) is 6.98. The van der Waals surface area contributed by atoms with Crippen LogP contribution in [0, 0.1) is 0 Å². The number of nitrogens with one attached hydrogen (secondary N) is 2. The third kappa shape index (κ3) is 6.55. The molecule has 10 heteroatoms. The van der Waals surface area contributed by atoms with Crippen LogP contribution in [0.3, 0.4) is 0 Å². The predicted molar refractivity (Wildman–Crippen MR) is 105 cm³/mol. The van der Waals surface area contributed by atoms with Crippen molar-refractivity contribution in [3.05, 3.63) is 22.4 Å². The van der Waals surface area contributed by atoms with Crippen LogP contribution in [0.2, 0.25) is 0 Å². The molecule has 2 aliphatic rings. The Labute approximate surface area is 168 Å². The Morgan fingerprint density at radius 2 is 1.68 bits per heavy atom. The minimum Gasteiger partial charge on any atom is -0.378 e. The van der Waals surface area contributed by atoms with E-state index < -0.39 is 6.03 Å². The second kappa shape index (κ2) is 10.5. The van der Waals surface area contributed by atoms with Crippen molar-refractivity contribution in [2.24, 2.45) is 0 Å². The van der Waals surface area contributed by atoms with Gasteiger partial charge in [0.15, 0.2) is 0 Å². The van der Waals surface area contributed by atoms with Crippen molar-refractivity contribution in [3.8, 4) is 0 Å². The third-order valence-corrected chi connectivity index (χ3v) is 5.69. The van der Waals surface area contributed by atoms with Crippen LogP contribution in [0.15, 0.2) is 17.5 Å². The number of ether oxygens (including phenoxy) is 1. The van der Waals surface area contributed by atoms with Crippen LogP contribution in [-0.4, -0.2) is 98.1 Å². The molecule has 3 heterocycles. The smallest absolute Gasteiger partial charge is 0.321 e. The molecule has 0 bridgehead atoms. The van der Waals surface area contributed by atoms with E-state index in [0.29, 0.717) is 52.5 Å². The fraction of sp³-hybridized carbons (Fsp3) is 0.611. The monoisotopic (exact) mass is 409 g/mol. The van der Waals surface area contributed by atoms with Crippen molar-refractivity contribution in [2.45, 2.75) is 6.54 Å². The molecule has 0 radical (unpaired) electrons. The van der Waals surface area contributed by atoms with Gasteiger partial charge < -0.3 is 15.0 Å². The van der Waals surface area contributed by atoms with Gasteiger partial charge in [0, 0.05) is 44.1 Å². The molecule has 154 valence electrons. The van der Waals surface area contributed by atoms with Gasteiger partial charge in [-0.1, -0.05) is 6.07 Å². The molecule has 9 nitrogen and oxygen atoms in total. The first kappa shape index (κ1) is 20.7. The first-order valence-corrected chi connectivity index (χ1v) is 10.4. The average Bonchev–Trinajstić information content (AvgIpc) is 3.22. The molecule has 3 rings (SSSR count). The Morgan fingerprint density at radius 1 is 1.00 bits per heavy atom. The Balaban J connectivity index is 1.30. The van der Waals surface area contributed by atoms with Crippen molar-refractivity contribution in [1.82, 2.24) is 25.3 Å². The first-order valence-electron chi connectivity index (χ1n) is 9.50. The summed E-state index contributed by atoms with van der Waals surface area (Å²) in [6.45, 7) is 6.38. The predicted octanol–water partition coefficient (Wildman–Crippen LogP) is -0.450. The summed E-state index contributed by atoms with van der Waals surface area (Å²) in [7, 11) is 0. The zero-order chi connectivity index (χ0) is 19.8. The van der Waals surface area contributed by atoms with E-state index in [4.69, 9.17) is 4.74 Å². The lowest BCUT2D eigenvalue weighted by Gasteiger charge is -2.35. The summed E-state index contributed by atoms with van der Waals surface area (Å²) in [5.74, 6) is -0.182. The van der Waals surface area contributed by atoms with Gasteiger partial charge in [-0.15, -0.1) is 11.3 Å². The minimum absolute atomic E-state index is 0.136. The second-order valence-corrected chi connectivity index (χ2v) is 7.89. The van der Waals surface area contributed by atoms with Gasteiger partial charge in [0.05, 0.1) is 32.8 Å². The number of nitrogens with zero attached hydrogens (tertiary/aromatic N) is 3. The van der Waals surface area contributed by atoms with Gasteiger partial charge in [-0.2, -0.15) is 0 Å². The van der Waals surface area contributed by atoms with Gasteiger partial charge in [0.1, 0.15) is 0 Å². The Bertz CT molecular complexity index is 655. The van der Waals surface area contributed by atoms with E-state index in [0.717, 1.165) is 18.0 Å². The summed E-state index contributed by atoms with van der Waals surface area (Å²) < 4.78 is 5.27. The molecule has 28 heavy (non-hydrogen) atoms. The molecule has 0 unspecified atom stereocenters. The summed E-state index contributed by atoms with van der Waals surface area (Å²) in [4.78, 5) is 43.1. The molecule has 2 N–H and O–H groups in total. The summed E-state index contributed by atoms with van der Waals surface area (Å²) in [6, 6.07) is 3.36. The number of thiophene rings is 1. The zero-order valence-corrected chi connectivity index (χ0v) is 16.7. The SMILES string of the molecule is O=C(CN1CCN(CC(=O)N2CCOCC2)CC1)NC(=O)NCc1cccs1. The highest BCUT2D eigenvalue weighted by Crippen LogP contribution is 2.07. The quantitative estimate of drug-likeness (QED) is 0.661. The lowest BCUT2D eigenvalue weighted by Crippen LogP contribution is -2.53. The molecule has 0 aromatic carbocycles. The van der Waals surface area contributed by atoms with Gasteiger partial charge in [0.2, 0.25) is 11.8 Å². The summed E-state index contributed by atoms with van der Waals surface area (Å²) >= 11 is 1.55. The van der Waals surface area contributed by atoms with Crippen LogP contribution in [0.1, 0.15) is 4.88 Å². The Hall–Kier alpha value is -2.01. The van der Waals surface area contributed by atoms with Gasteiger partial charge in [-0.3, -0.25) is 24.7 Å². The standard InChI is InChI=1S/C18H27N5O4S/c24-16(20-18(26)19-12-15-2-1-11-28-15)13-21-3-5-22(6-4-21)14-17(25)23-7-9-27-10-8-23/h1-2,11H,3-10,12-14H2,(H2,19,20,24,26). The number of morpholine rings is 1. The van der Waals surface area contributed by atoms with Crippen LogP contribution >= 0.6 is 11.3 Å². The molecule has 1 aromatic heterocycles. The topological polar surface area (TPSA) is 94.2 Å². The maximum Gasteiger partial charge on any atom is 0.321 e. The van der Waals surface area contributed by atoms with E-state index in [1.54, 1.807) is 11.3 Å². The fourth-order valence-corrected chi connectivity index (χ4v) is 3.85. The second-order valence-electron chi connectivity index (χ2n) is 6.86. The number of amides is 4. The van der Waals surface area contributed by atoms with Gasteiger partial charge >= 0.3 is 6.03 Å². The maximum atomic E-state index is 12.3. The van der Waals surface area contributed by atoms with E-state index in [1.807, 2.05) is 27.3 Å². The third-order valence-electron chi connectivity index (χ3n) is 4.81. The molecule has 2 fully saturated rings. The van der Waals surface area contributed by atoms with Crippen LogP contribution < -0.4 is 10.6 Å². The number of hydrogen-bond donors (Lipinski definition) is 2. The van der Waals surface area contributed by atoms with E-state index >= 15 is 0 Å². The molecule has 0 atom stereocenters. The minimum atomic E-state index is -0.479. The van der Waals surface area contributed by atoms with E-state index in [9.17, 15) is 14.4 Å². The molecule has 0 saturated carbocycles. The molecule has 2 saturated heterocycles. The van der Waals surface area contributed by atoms with E-state index in [1.165, 1.54) is 0 Å². The summed E-state index contributed by atoms with van der Waals surface area (Å²) in [6.07, 6.45) is 0. The van der Waals surface area contributed by atoms with Crippen LogP contribution in [0.5, 0.6) is 0 Å². The highest BCUT2D eigenvalue weighted by Gasteiger charge is 2.24. The van der Waals surface area contributed by atoms with E-state index in [2.05, 4.69) is 15.5 Å². The van der Waals surface area contributed by atoms with Gasteiger partial charge in [0.25, 0.3) is 0 Å². The summed E-state index contributed by atoms with van der Waals surface area (Å²) in [5.41, 5.74) is 0. The lowest BCUT2D eigenvalue weighted by molar-refractivity contribution is -0.137. The fourth-order valence-electron chi connectivity index (χ4n) is 3.20. The molecular weight excluding hydrogens is 382 g/mol. The van der Waals surface area contributed by atoms with Gasteiger partial charge in [-0.25, -0.2) is 4.79 Å². The number of rotatable bonds is 6. The molecule has 1 aromatic rings. The van der Waals surface area contributed by atoms with Crippen LogP contribution in [0.25, 0.3) is 0 Å². The number of carbonyl (C=O) groups is 3. The maximum absolute atomic E-state index is 12.3. The van der Waals surface area contributed by atoms with Crippen LogP contribution in [-0.2, 0) is 20.9 Å². The molecule has 4 amide bonds. The number of urea groups is 1. The van der Waals surface area contributed by atoms with Gasteiger partial charge in [-0.05, 0) is 11.4 Å². The number of hydrogen-bond acceptors (Lipinski definition) is 7. The normalized spacial score (nSPS) is 18.6. The van der Waals surface area contributed by atoms with Crippen LogP contribution in [0.4, 0.5) is 4.79 Å². The molecule has 0 aliphatic carbocycles. The number of piperazine rings is 1. The Kier molecular flexibility index (Phi) is 7.78. The Morgan fingerprint density at radius 3 is 2.32 bits per heavy atom. The number of imide groups is 1. The first-order chi connectivity index (χ1) is 13.6. The average molecular weight is 410 g/mol. The van der Waals surface area contributed by atoms with Crippen molar-refractivity contribution in [3.63, 3.8) is 0 Å². The van der Waals surface area contributed by atoms with Crippen molar-refractivity contribution in [1.29, 1.82) is 0 Å². The molecule has 0 spiro atoms. The van der Waals surface area contributed by atoms with E-state index in [-0.39, 0.29) is 18.4 Å². The molecule has 2 aliphatic heterocycles. The highest BCUT2D eigenvalue weighted by molar-refractivity contribution is 7.09. The molecular formula is C18H27N5O4S. The lowest BCUT2D eigenvalue weighted by atomic mass is 10.3. The zero-order valence-electron chi connectivity index (χ0n) is 15.9.